The van der Waals surface area contributed by atoms with Gasteiger partial charge < -0.3 is 9.73 Å². The van der Waals surface area contributed by atoms with Gasteiger partial charge >= 0.3 is 0 Å². The number of nitrogens with one attached hydrogen (secondary N) is 1. The average Bonchev–Trinajstić information content (AvgIpc) is 2.58. The van der Waals surface area contributed by atoms with Gasteiger partial charge in [0.05, 0.1) is 6.04 Å². The van der Waals surface area contributed by atoms with E-state index < -0.39 is 0 Å². The van der Waals surface area contributed by atoms with Crippen LogP contribution < -0.4 is 5.32 Å². The number of rotatable bonds is 3. The Morgan fingerprint density at radius 3 is 2.41 bits per heavy atom. The maximum Gasteiger partial charge on any atom is 0.106 e. The topological polar surface area (TPSA) is 25.2 Å². The molecule has 1 heterocycles. The zero-order valence-corrected chi connectivity index (χ0v) is 11.4. The fourth-order valence-electron chi connectivity index (χ4n) is 2.87. The van der Waals surface area contributed by atoms with Crippen LogP contribution in [0.5, 0.6) is 0 Å². The summed E-state index contributed by atoms with van der Waals surface area (Å²) >= 11 is 0. The molecule has 2 heteroatoms. The molecular formula is C15H23NO. The lowest BCUT2D eigenvalue weighted by Crippen LogP contribution is -2.21. The van der Waals surface area contributed by atoms with Crippen molar-refractivity contribution in [3.63, 3.8) is 0 Å². The molecule has 0 saturated heterocycles. The molecule has 0 amide bonds. The SMILES string of the molecule is CNC(C1=CCCCC1)c1c(C)oc(C)c1C. The number of hydrogen-bond donors (Lipinski definition) is 1. The molecule has 0 radical (unpaired) electrons. The molecule has 1 aliphatic rings. The monoisotopic (exact) mass is 233 g/mol. The van der Waals surface area contributed by atoms with Crippen LogP contribution in [-0.2, 0) is 0 Å². The van der Waals surface area contributed by atoms with Crippen molar-refractivity contribution in [2.45, 2.75) is 52.5 Å². The van der Waals surface area contributed by atoms with E-state index >= 15 is 0 Å². The van der Waals surface area contributed by atoms with E-state index in [1.807, 2.05) is 14.0 Å². The first-order chi connectivity index (χ1) is 8.15. The van der Waals surface area contributed by atoms with Crippen LogP contribution in [0, 0.1) is 20.8 Å². The lowest BCUT2D eigenvalue weighted by atomic mass is 9.88. The van der Waals surface area contributed by atoms with Crippen LogP contribution in [0.2, 0.25) is 0 Å². The summed E-state index contributed by atoms with van der Waals surface area (Å²) in [5.41, 5.74) is 4.18. The molecule has 0 aromatic carbocycles. The minimum Gasteiger partial charge on any atom is -0.466 e. The predicted molar refractivity (Wildman–Crippen MR) is 71.3 cm³/mol. The number of hydrogen-bond acceptors (Lipinski definition) is 2. The molecule has 0 saturated carbocycles. The van der Waals surface area contributed by atoms with E-state index in [1.165, 1.54) is 42.4 Å². The molecule has 94 valence electrons. The van der Waals surface area contributed by atoms with Crippen LogP contribution in [0.1, 0.15) is 54.4 Å². The molecule has 0 bridgehead atoms. The third kappa shape index (κ3) is 2.32. The Morgan fingerprint density at radius 2 is 1.94 bits per heavy atom. The summed E-state index contributed by atoms with van der Waals surface area (Å²) in [6, 6.07) is 0.341. The van der Waals surface area contributed by atoms with Gasteiger partial charge in [-0.3, -0.25) is 0 Å². The van der Waals surface area contributed by atoms with E-state index in [0.717, 1.165) is 11.5 Å². The minimum atomic E-state index is 0.341. The van der Waals surface area contributed by atoms with E-state index in [2.05, 4.69) is 25.2 Å². The third-order valence-corrected chi connectivity index (χ3v) is 3.89. The van der Waals surface area contributed by atoms with Gasteiger partial charge in [-0.2, -0.15) is 0 Å². The standard InChI is InChI=1S/C15H23NO/c1-10-11(2)17-12(3)14(10)15(16-4)13-8-6-5-7-9-13/h8,15-16H,5-7,9H2,1-4H3. The van der Waals surface area contributed by atoms with Crippen LogP contribution in [0.4, 0.5) is 0 Å². The van der Waals surface area contributed by atoms with E-state index in [-0.39, 0.29) is 0 Å². The van der Waals surface area contributed by atoms with Crippen molar-refractivity contribution in [1.29, 1.82) is 0 Å². The van der Waals surface area contributed by atoms with Gasteiger partial charge in [-0.25, -0.2) is 0 Å². The predicted octanol–water partition coefficient (Wildman–Crippen LogP) is 3.97. The van der Waals surface area contributed by atoms with E-state index in [4.69, 9.17) is 4.42 Å². The van der Waals surface area contributed by atoms with Crippen molar-refractivity contribution in [2.24, 2.45) is 0 Å². The third-order valence-electron chi connectivity index (χ3n) is 3.89. The van der Waals surface area contributed by atoms with Crippen molar-refractivity contribution in [1.82, 2.24) is 5.32 Å². The zero-order chi connectivity index (χ0) is 12.4. The molecule has 0 spiro atoms. The Hall–Kier alpha value is -1.02. The average molecular weight is 233 g/mol. The highest BCUT2D eigenvalue weighted by atomic mass is 16.3. The maximum absolute atomic E-state index is 5.75. The lowest BCUT2D eigenvalue weighted by Gasteiger charge is -2.23. The minimum absolute atomic E-state index is 0.341. The fraction of sp³-hybridized carbons (Fsp3) is 0.600. The van der Waals surface area contributed by atoms with Crippen LogP contribution >= 0.6 is 0 Å². The van der Waals surface area contributed by atoms with Gasteiger partial charge in [-0.1, -0.05) is 11.6 Å². The Morgan fingerprint density at radius 1 is 1.18 bits per heavy atom. The molecule has 1 aromatic rings. The highest BCUT2D eigenvalue weighted by Gasteiger charge is 2.23. The van der Waals surface area contributed by atoms with Crippen molar-refractivity contribution in [3.05, 3.63) is 34.3 Å². The first-order valence-electron chi connectivity index (χ1n) is 6.57. The summed E-state index contributed by atoms with van der Waals surface area (Å²) < 4.78 is 5.75. The second kappa shape index (κ2) is 5.09. The molecule has 1 aromatic heterocycles. The molecule has 0 aliphatic heterocycles. The molecular weight excluding hydrogens is 210 g/mol. The normalized spacial score (nSPS) is 18.0. The quantitative estimate of drug-likeness (QED) is 0.799. The molecule has 2 rings (SSSR count). The van der Waals surface area contributed by atoms with Crippen LogP contribution in [0.15, 0.2) is 16.1 Å². The molecule has 1 aliphatic carbocycles. The Kier molecular flexibility index (Phi) is 3.72. The summed E-state index contributed by atoms with van der Waals surface area (Å²) in [4.78, 5) is 0. The van der Waals surface area contributed by atoms with Crippen LogP contribution in [0.3, 0.4) is 0 Å². The second-order valence-corrected chi connectivity index (χ2v) is 5.00. The van der Waals surface area contributed by atoms with E-state index in [1.54, 1.807) is 0 Å². The number of likely N-dealkylation sites (N-methyl/N-ethyl adjacent to an activating group) is 1. The van der Waals surface area contributed by atoms with Crippen LogP contribution in [0.25, 0.3) is 0 Å². The largest absolute Gasteiger partial charge is 0.466 e. The van der Waals surface area contributed by atoms with Crippen molar-refractivity contribution in [3.8, 4) is 0 Å². The molecule has 17 heavy (non-hydrogen) atoms. The molecule has 2 nitrogen and oxygen atoms in total. The summed E-state index contributed by atoms with van der Waals surface area (Å²) in [7, 11) is 2.04. The Balaban J connectivity index is 2.37. The van der Waals surface area contributed by atoms with Gasteiger partial charge in [-0.05, 0) is 59.1 Å². The van der Waals surface area contributed by atoms with Crippen molar-refractivity contribution < 1.29 is 4.42 Å². The van der Waals surface area contributed by atoms with Crippen molar-refractivity contribution in [2.75, 3.05) is 7.05 Å². The first kappa shape index (κ1) is 12.4. The lowest BCUT2D eigenvalue weighted by molar-refractivity contribution is 0.493. The highest BCUT2D eigenvalue weighted by molar-refractivity contribution is 5.39. The zero-order valence-electron chi connectivity index (χ0n) is 11.4. The Bertz CT molecular complexity index is 428. The van der Waals surface area contributed by atoms with Gasteiger partial charge in [0.1, 0.15) is 11.5 Å². The highest BCUT2D eigenvalue weighted by Crippen LogP contribution is 2.35. The summed E-state index contributed by atoms with van der Waals surface area (Å²) in [6.07, 6.45) is 7.50. The van der Waals surface area contributed by atoms with Crippen molar-refractivity contribution >= 4 is 0 Å². The molecule has 1 unspecified atom stereocenters. The number of aryl methyl sites for hydroxylation is 2. The smallest absolute Gasteiger partial charge is 0.106 e. The fourth-order valence-corrected chi connectivity index (χ4v) is 2.87. The van der Waals surface area contributed by atoms with E-state index in [9.17, 15) is 0 Å². The number of allylic oxidation sites excluding steroid dienone is 1. The summed E-state index contributed by atoms with van der Waals surface area (Å²) in [5.74, 6) is 2.11. The Labute approximate surface area is 104 Å². The second-order valence-electron chi connectivity index (χ2n) is 5.00. The summed E-state index contributed by atoms with van der Waals surface area (Å²) in [5, 5.41) is 3.45. The van der Waals surface area contributed by atoms with Gasteiger partial charge in [0.2, 0.25) is 0 Å². The van der Waals surface area contributed by atoms with Gasteiger partial charge in [0.15, 0.2) is 0 Å². The van der Waals surface area contributed by atoms with E-state index in [0.29, 0.717) is 6.04 Å². The van der Waals surface area contributed by atoms with Gasteiger partial charge in [-0.15, -0.1) is 0 Å². The molecule has 0 fully saturated rings. The maximum atomic E-state index is 5.75. The molecule has 1 N–H and O–H groups in total. The summed E-state index contributed by atoms with van der Waals surface area (Å²) in [6.45, 7) is 6.28. The van der Waals surface area contributed by atoms with Gasteiger partial charge in [0, 0.05) is 5.56 Å². The number of furan rings is 1. The molecule has 1 atom stereocenters. The van der Waals surface area contributed by atoms with Crippen LogP contribution in [-0.4, -0.2) is 7.05 Å². The first-order valence-corrected chi connectivity index (χ1v) is 6.57. The van der Waals surface area contributed by atoms with Gasteiger partial charge in [0.25, 0.3) is 0 Å².